The number of amides is 2. The van der Waals surface area contributed by atoms with Crippen molar-refractivity contribution < 1.29 is 18.0 Å². The summed E-state index contributed by atoms with van der Waals surface area (Å²) in [5.41, 5.74) is 0.365. The van der Waals surface area contributed by atoms with Gasteiger partial charge >= 0.3 is 12.2 Å². The Labute approximate surface area is 148 Å². The number of urea groups is 1. The van der Waals surface area contributed by atoms with E-state index < -0.39 is 17.8 Å². The van der Waals surface area contributed by atoms with Crippen molar-refractivity contribution in [3.8, 4) is 0 Å². The maximum absolute atomic E-state index is 13.1. The van der Waals surface area contributed by atoms with Gasteiger partial charge in [0.25, 0.3) is 0 Å². The fourth-order valence-corrected chi connectivity index (χ4v) is 2.66. The quantitative estimate of drug-likeness (QED) is 0.748. The van der Waals surface area contributed by atoms with Crippen LogP contribution in [0.2, 0.25) is 0 Å². The van der Waals surface area contributed by atoms with Crippen molar-refractivity contribution in [1.82, 2.24) is 14.3 Å². The fraction of sp³-hybridized carbons (Fsp3) is 0.222. The fourth-order valence-electron chi connectivity index (χ4n) is 2.66. The molecule has 1 aromatic carbocycles. The Kier molecular flexibility index (Phi) is 4.83. The molecule has 0 saturated carbocycles. The summed E-state index contributed by atoms with van der Waals surface area (Å²) in [6.07, 6.45) is -1.07. The summed E-state index contributed by atoms with van der Waals surface area (Å²) >= 11 is 0. The summed E-state index contributed by atoms with van der Waals surface area (Å²) in [5, 5.41) is 2.37. The molecule has 5 nitrogen and oxygen atoms in total. The summed E-state index contributed by atoms with van der Waals surface area (Å²) in [4.78, 5) is 18.2. The van der Waals surface area contributed by atoms with Crippen LogP contribution in [0.25, 0.3) is 5.65 Å². The normalized spacial score (nSPS) is 11.5. The van der Waals surface area contributed by atoms with Gasteiger partial charge in [-0.25, -0.2) is 9.78 Å². The molecular weight excluding hydrogens is 345 g/mol. The van der Waals surface area contributed by atoms with Gasteiger partial charge in [-0.3, -0.25) is 0 Å². The van der Waals surface area contributed by atoms with Gasteiger partial charge in [-0.1, -0.05) is 18.2 Å². The third kappa shape index (κ3) is 3.63. The van der Waals surface area contributed by atoms with Crippen LogP contribution in [-0.2, 0) is 12.7 Å². The van der Waals surface area contributed by atoms with Crippen LogP contribution in [0.15, 0.2) is 54.9 Å². The van der Waals surface area contributed by atoms with E-state index in [1.807, 2.05) is 28.8 Å². The average Bonchev–Trinajstić information content (AvgIpc) is 3.02. The van der Waals surface area contributed by atoms with Gasteiger partial charge in [-0.15, -0.1) is 0 Å². The number of nitrogens with one attached hydrogen (secondary N) is 1. The smallest absolute Gasteiger partial charge is 0.319 e. The molecule has 2 aromatic heterocycles. The summed E-state index contributed by atoms with van der Waals surface area (Å²) in [6.45, 7) is 2.32. The molecule has 2 heterocycles. The molecule has 0 aliphatic carbocycles. The van der Waals surface area contributed by atoms with Gasteiger partial charge in [0, 0.05) is 12.7 Å². The van der Waals surface area contributed by atoms with Crippen LogP contribution >= 0.6 is 0 Å². The number of alkyl halides is 3. The first-order chi connectivity index (χ1) is 12.4. The number of carbonyl (C=O) groups is 1. The highest BCUT2D eigenvalue weighted by molar-refractivity contribution is 5.90. The van der Waals surface area contributed by atoms with E-state index in [2.05, 4.69) is 10.3 Å². The predicted molar refractivity (Wildman–Crippen MR) is 91.7 cm³/mol. The standard InChI is InChI=1S/C18H17F3N4O/c1-2-24(12-13-11-22-16-9-5-6-10-25(13)16)17(26)23-15-8-4-3-7-14(15)18(19,20)21/h3-11H,2,12H2,1H3,(H,23,26). The summed E-state index contributed by atoms with van der Waals surface area (Å²) in [6, 6.07) is 9.84. The van der Waals surface area contributed by atoms with E-state index in [1.165, 1.54) is 23.1 Å². The van der Waals surface area contributed by atoms with Crippen LogP contribution in [0.5, 0.6) is 0 Å². The van der Waals surface area contributed by atoms with E-state index in [9.17, 15) is 18.0 Å². The summed E-state index contributed by atoms with van der Waals surface area (Å²) < 4.78 is 41.1. The lowest BCUT2D eigenvalue weighted by Gasteiger charge is -2.22. The van der Waals surface area contributed by atoms with Crippen molar-refractivity contribution in [2.45, 2.75) is 19.6 Å². The molecule has 0 saturated heterocycles. The topological polar surface area (TPSA) is 49.6 Å². The molecule has 3 rings (SSSR count). The summed E-state index contributed by atoms with van der Waals surface area (Å²) in [5.74, 6) is 0. The lowest BCUT2D eigenvalue weighted by Crippen LogP contribution is -2.35. The average molecular weight is 362 g/mol. The number of aromatic nitrogens is 2. The number of hydrogen-bond donors (Lipinski definition) is 1. The number of fused-ring (bicyclic) bond motifs is 1. The third-order valence-electron chi connectivity index (χ3n) is 3.99. The van der Waals surface area contributed by atoms with Gasteiger partial charge < -0.3 is 14.6 Å². The maximum atomic E-state index is 13.1. The molecule has 0 radical (unpaired) electrons. The van der Waals surface area contributed by atoms with Gasteiger partial charge in [-0.05, 0) is 31.2 Å². The molecule has 8 heteroatoms. The first-order valence-electron chi connectivity index (χ1n) is 8.03. The Hall–Kier alpha value is -3.03. The van der Waals surface area contributed by atoms with Gasteiger partial charge in [0.15, 0.2) is 0 Å². The molecule has 0 aliphatic rings. The van der Waals surface area contributed by atoms with E-state index in [0.29, 0.717) is 6.54 Å². The molecule has 0 fully saturated rings. The van der Waals surface area contributed by atoms with Crippen LogP contribution in [0.4, 0.5) is 23.7 Å². The lowest BCUT2D eigenvalue weighted by molar-refractivity contribution is -0.136. The van der Waals surface area contributed by atoms with Crippen molar-refractivity contribution in [3.63, 3.8) is 0 Å². The Morgan fingerprint density at radius 1 is 1.19 bits per heavy atom. The van der Waals surface area contributed by atoms with Gasteiger partial charge in [0.05, 0.1) is 29.7 Å². The van der Waals surface area contributed by atoms with Crippen LogP contribution in [0, 0.1) is 0 Å². The number of benzene rings is 1. The van der Waals surface area contributed by atoms with Crippen LogP contribution in [0.3, 0.4) is 0 Å². The van der Waals surface area contributed by atoms with Gasteiger partial charge in [0.2, 0.25) is 0 Å². The zero-order valence-electron chi connectivity index (χ0n) is 14.0. The predicted octanol–water partition coefficient (Wildman–Crippen LogP) is 4.41. The Morgan fingerprint density at radius 2 is 1.92 bits per heavy atom. The minimum absolute atomic E-state index is 0.224. The van der Waals surface area contributed by atoms with E-state index >= 15 is 0 Å². The second-order valence-corrected chi connectivity index (χ2v) is 5.67. The highest BCUT2D eigenvalue weighted by atomic mass is 19.4. The maximum Gasteiger partial charge on any atom is 0.418 e. The second-order valence-electron chi connectivity index (χ2n) is 5.67. The summed E-state index contributed by atoms with van der Waals surface area (Å²) in [7, 11) is 0. The molecule has 1 N–H and O–H groups in total. The van der Waals surface area contributed by atoms with Crippen molar-refractivity contribution in [2.75, 3.05) is 11.9 Å². The molecule has 2 amide bonds. The molecule has 26 heavy (non-hydrogen) atoms. The minimum Gasteiger partial charge on any atom is -0.319 e. The van der Waals surface area contributed by atoms with Crippen LogP contribution in [0.1, 0.15) is 18.2 Å². The van der Waals surface area contributed by atoms with Gasteiger partial charge in [-0.2, -0.15) is 13.2 Å². The number of nitrogens with zero attached hydrogens (tertiary/aromatic N) is 3. The van der Waals surface area contributed by atoms with E-state index in [4.69, 9.17) is 0 Å². The third-order valence-corrected chi connectivity index (χ3v) is 3.99. The molecular formula is C18H17F3N4O. The first kappa shape index (κ1) is 17.8. The van der Waals surface area contributed by atoms with Crippen molar-refractivity contribution >= 4 is 17.4 Å². The van der Waals surface area contributed by atoms with E-state index in [1.54, 1.807) is 13.1 Å². The number of hydrogen-bond acceptors (Lipinski definition) is 2. The SMILES string of the molecule is CCN(Cc1cnc2ccccn12)C(=O)Nc1ccccc1C(F)(F)F. The van der Waals surface area contributed by atoms with E-state index in [-0.39, 0.29) is 12.2 Å². The highest BCUT2D eigenvalue weighted by Gasteiger charge is 2.33. The number of carbonyl (C=O) groups excluding carboxylic acids is 1. The monoisotopic (exact) mass is 362 g/mol. The molecule has 0 unspecified atom stereocenters. The highest BCUT2D eigenvalue weighted by Crippen LogP contribution is 2.34. The Morgan fingerprint density at radius 3 is 2.65 bits per heavy atom. The molecule has 0 bridgehead atoms. The zero-order valence-corrected chi connectivity index (χ0v) is 14.0. The second kappa shape index (κ2) is 7.07. The Balaban J connectivity index is 1.80. The van der Waals surface area contributed by atoms with Crippen molar-refractivity contribution in [2.24, 2.45) is 0 Å². The molecule has 0 atom stereocenters. The molecule has 0 aliphatic heterocycles. The van der Waals surface area contributed by atoms with Crippen LogP contribution in [-0.4, -0.2) is 26.9 Å². The zero-order chi connectivity index (χ0) is 18.7. The van der Waals surface area contributed by atoms with Gasteiger partial charge in [0.1, 0.15) is 5.65 Å². The van der Waals surface area contributed by atoms with Crippen molar-refractivity contribution in [3.05, 3.63) is 66.1 Å². The van der Waals surface area contributed by atoms with Crippen LogP contribution < -0.4 is 5.32 Å². The molecule has 136 valence electrons. The largest absolute Gasteiger partial charge is 0.418 e. The van der Waals surface area contributed by atoms with Crippen molar-refractivity contribution in [1.29, 1.82) is 0 Å². The molecule has 0 spiro atoms. The van der Waals surface area contributed by atoms with E-state index in [0.717, 1.165) is 17.4 Å². The number of pyridine rings is 1. The lowest BCUT2D eigenvalue weighted by atomic mass is 10.1. The number of anilines is 1. The number of para-hydroxylation sites is 1. The Bertz CT molecular complexity index is 920. The number of imidazole rings is 1. The minimum atomic E-state index is -4.54. The molecule has 3 aromatic rings. The first-order valence-corrected chi connectivity index (χ1v) is 8.03. The number of rotatable bonds is 4. The number of halogens is 3.